The molecule has 0 aliphatic heterocycles. The van der Waals surface area contributed by atoms with E-state index in [4.69, 9.17) is 21.9 Å². The first-order valence-electron chi connectivity index (χ1n) is 6.68. The van der Waals surface area contributed by atoms with E-state index in [1.54, 1.807) is 36.4 Å². The van der Waals surface area contributed by atoms with E-state index in [9.17, 15) is 0 Å². The first kappa shape index (κ1) is 14.4. The molecule has 0 aliphatic rings. The molecular formula is C15H14N6O2. The van der Waals surface area contributed by atoms with Crippen molar-refractivity contribution in [2.75, 3.05) is 0 Å². The highest BCUT2D eigenvalue weighted by atomic mass is 16.4. The molecule has 23 heavy (non-hydrogen) atoms. The molecule has 3 aromatic rings. The van der Waals surface area contributed by atoms with Crippen molar-refractivity contribution in [3.8, 4) is 11.4 Å². The maximum atomic E-state index is 8.77. The summed E-state index contributed by atoms with van der Waals surface area (Å²) in [6.45, 7) is 0. The van der Waals surface area contributed by atoms with Gasteiger partial charge in [-0.3, -0.25) is 0 Å². The van der Waals surface area contributed by atoms with E-state index < -0.39 is 0 Å². The highest BCUT2D eigenvalue weighted by Crippen LogP contribution is 2.22. The quantitative estimate of drug-likeness (QED) is 0.215. The maximum absolute atomic E-state index is 8.77. The third-order valence-corrected chi connectivity index (χ3v) is 3.42. The highest BCUT2D eigenvalue weighted by molar-refractivity contribution is 6.00. The van der Waals surface area contributed by atoms with Crippen molar-refractivity contribution in [3.63, 3.8) is 0 Å². The van der Waals surface area contributed by atoms with Crippen LogP contribution in [0.25, 0.3) is 22.4 Å². The zero-order chi connectivity index (χ0) is 16.4. The number of hydrogen-bond acceptors (Lipinski definition) is 5. The first-order valence-corrected chi connectivity index (χ1v) is 6.68. The third kappa shape index (κ3) is 2.64. The van der Waals surface area contributed by atoms with Gasteiger partial charge in [0.15, 0.2) is 11.7 Å². The van der Waals surface area contributed by atoms with Gasteiger partial charge in [0.1, 0.15) is 5.82 Å². The summed E-state index contributed by atoms with van der Waals surface area (Å²) in [6.07, 6.45) is 0. The van der Waals surface area contributed by atoms with Crippen molar-refractivity contribution in [1.82, 2.24) is 9.97 Å². The average molecular weight is 310 g/mol. The number of rotatable bonds is 3. The summed E-state index contributed by atoms with van der Waals surface area (Å²) in [7, 11) is 0. The number of nitrogens with one attached hydrogen (secondary N) is 1. The van der Waals surface area contributed by atoms with Crippen molar-refractivity contribution >= 4 is 22.7 Å². The number of aromatic nitrogens is 2. The Hall–Kier alpha value is -3.55. The van der Waals surface area contributed by atoms with Crippen molar-refractivity contribution in [1.29, 1.82) is 0 Å². The molecule has 3 rings (SSSR count). The Balaban J connectivity index is 2.07. The van der Waals surface area contributed by atoms with Crippen molar-refractivity contribution in [2.24, 2.45) is 21.8 Å². The third-order valence-electron chi connectivity index (χ3n) is 3.42. The van der Waals surface area contributed by atoms with Crippen LogP contribution in [-0.2, 0) is 0 Å². The Morgan fingerprint density at radius 3 is 2.35 bits per heavy atom. The zero-order valence-electron chi connectivity index (χ0n) is 11.9. The smallest absolute Gasteiger partial charge is 0.170 e. The molecule has 8 heteroatoms. The van der Waals surface area contributed by atoms with Crippen LogP contribution in [0.4, 0.5) is 0 Å². The van der Waals surface area contributed by atoms with Gasteiger partial charge in [-0.15, -0.1) is 0 Å². The number of H-pyrrole nitrogens is 1. The lowest BCUT2D eigenvalue weighted by molar-refractivity contribution is 0.318. The number of hydrogen-bond donors (Lipinski definition) is 5. The van der Waals surface area contributed by atoms with Gasteiger partial charge >= 0.3 is 0 Å². The molecule has 0 saturated carbocycles. The largest absolute Gasteiger partial charge is 0.409 e. The predicted molar refractivity (Wildman–Crippen MR) is 86.6 cm³/mol. The number of amidine groups is 2. The van der Waals surface area contributed by atoms with Crippen LogP contribution in [0.1, 0.15) is 11.1 Å². The SMILES string of the molecule is NC(=NO)c1cccc(-c2nc3ccc(/C(N)=N\O)cc3[nH]2)c1. The molecule has 8 nitrogen and oxygen atoms in total. The summed E-state index contributed by atoms with van der Waals surface area (Å²) in [5, 5.41) is 23.5. The van der Waals surface area contributed by atoms with Crippen molar-refractivity contribution < 1.29 is 10.4 Å². The number of oxime groups is 2. The maximum Gasteiger partial charge on any atom is 0.170 e. The Kier molecular flexibility index (Phi) is 3.55. The van der Waals surface area contributed by atoms with Crippen molar-refractivity contribution in [2.45, 2.75) is 0 Å². The number of nitrogens with two attached hydrogens (primary N) is 2. The summed E-state index contributed by atoms with van der Waals surface area (Å²) >= 11 is 0. The number of fused-ring (bicyclic) bond motifs is 1. The highest BCUT2D eigenvalue weighted by Gasteiger charge is 2.09. The Labute approximate surface area is 130 Å². The second-order valence-corrected chi connectivity index (χ2v) is 4.87. The molecule has 2 aromatic carbocycles. The lowest BCUT2D eigenvalue weighted by Gasteiger charge is -2.01. The molecule has 0 saturated heterocycles. The van der Waals surface area contributed by atoms with Crippen molar-refractivity contribution in [3.05, 3.63) is 53.6 Å². The number of nitrogens with zero attached hydrogens (tertiary/aromatic N) is 3. The van der Waals surface area contributed by atoms with Crippen LogP contribution in [0, 0.1) is 0 Å². The first-order chi connectivity index (χ1) is 11.1. The molecule has 0 unspecified atom stereocenters. The average Bonchev–Trinajstić information content (AvgIpc) is 3.03. The Morgan fingerprint density at radius 1 is 0.957 bits per heavy atom. The van der Waals surface area contributed by atoms with Gasteiger partial charge in [0.25, 0.3) is 0 Å². The summed E-state index contributed by atoms with van der Waals surface area (Å²) in [4.78, 5) is 7.66. The van der Waals surface area contributed by atoms with Gasteiger partial charge in [-0.25, -0.2) is 4.98 Å². The van der Waals surface area contributed by atoms with Gasteiger partial charge in [-0.2, -0.15) is 0 Å². The monoisotopic (exact) mass is 310 g/mol. The molecular weight excluding hydrogens is 296 g/mol. The fourth-order valence-corrected chi connectivity index (χ4v) is 2.25. The van der Waals surface area contributed by atoms with E-state index in [0.29, 0.717) is 17.0 Å². The zero-order valence-corrected chi connectivity index (χ0v) is 11.9. The molecule has 0 spiro atoms. The van der Waals surface area contributed by atoms with Gasteiger partial charge in [0, 0.05) is 16.7 Å². The predicted octanol–water partition coefficient (Wildman–Crippen LogP) is 1.42. The Morgan fingerprint density at radius 2 is 1.65 bits per heavy atom. The molecule has 1 aromatic heterocycles. The standard InChI is InChI=1S/C15H14N6O2/c16-13(20-22)8-2-1-3-10(6-8)15-18-11-5-4-9(14(17)21-23)7-12(11)19-15/h1-7,22-23H,(H2,16,20)(H2,17,21)(H,18,19). The van der Waals surface area contributed by atoms with Crippen LogP contribution in [-0.4, -0.2) is 32.1 Å². The van der Waals surface area contributed by atoms with Crippen LogP contribution in [0.5, 0.6) is 0 Å². The minimum atomic E-state index is 0.0250. The van der Waals surface area contributed by atoms with Crippen LogP contribution >= 0.6 is 0 Å². The lowest BCUT2D eigenvalue weighted by Crippen LogP contribution is -2.12. The van der Waals surface area contributed by atoms with Crippen LogP contribution < -0.4 is 11.5 Å². The van der Waals surface area contributed by atoms with Crippen LogP contribution in [0.3, 0.4) is 0 Å². The summed E-state index contributed by atoms with van der Waals surface area (Å²) < 4.78 is 0. The van der Waals surface area contributed by atoms with E-state index in [-0.39, 0.29) is 11.7 Å². The van der Waals surface area contributed by atoms with E-state index >= 15 is 0 Å². The Bertz CT molecular complexity index is 929. The van der Waals surface area contributed by atoms with Gasteiger partial charge in [-0.1, -0.05) is 28.5 Å². The fourth-order valence-electron chi connectivity index (χ4n) is 2.25. The van der Waals surface area contributed by atoms with E-state index in [1.807, 2.05) is 6.07 Å². The van der Waals surface area contributed by atoms with Gasteiger partial charge in [0.2, 0.25) is 0 Å². The molecule has 0 atom stereocenters. The van der Waals surface area contributed by atoms with Crippen LogP contribution in [0.2, 0.25) is 0 Å². The molecule has 116 valence electrons. The second kappa shape index (κ2) is 5.68. The summed E-state index contributed by atoms with van der Waals surface area (Å²) in [5.74, 6) is 0.679. The van der Waals surface area contributed by atoms with Gasteiger partial charge < -0.3 is 26.9 Å². The van der Waals surface area contributed by atoms with E-state index in [1.165, 1.54) is 0 Å². The summed E-state index contributed by atoms with van der Waals surface area (Å²) in [6, 6.07) is 12.4. The molecule has 7 N–H and O–H groups in total. The number of benzene rings is 2. The molecule has 0 aliphatic carbocycles. The minimum Gasteiger partial charge on any atom is -0.409 e. The molecule has 0 bridgehead atoms. The molecule has 0 fully saturated rings. The number of imidazole rings is 1. The molecule has 1 heterocycles. The molecule has 0 radical (unpaired) electrons. The second-order valence-electron chi connectivity index (χ2n) is 4.87. The van der Waals surface area contributed by atoms with E-state index in [2.05, 4.69) is 20.3 Å². The topological polar surface area (TPSA) is 146 Å². The normalized spacial score (nSPS) is 12.7. The van der Waals surface area contributed by atoms with E-state index in [0.717, 1.165) is 16.6 Å². The summed E-state index contributed by atoms with van der Waals surface area (Å²) in [5.41, 5.74) is 14.6. The fraction of sp³-hybridized carbons (Fsp3) is 0. The minimum absolute atomic E-state index is 0.0250. The number of aromatic amines is 1. The molecule has 0 amide bonds. The lowest BCUT2D eigenvalue weighted by atomic mass is 10.1. The van der Waals surface area contributed by atoms with Crippen LogP contribution in [0.15, 0.2) is 52.8 Å². The van der Waals surface area contributed by atoms with Gasteiger partial charge in [-0.05, 0) is 24.3 Å². The van der Waals surface area contributed by atoms with Gasteiger partial charge in [0.05, 0.1) is 11.0 Å².